The third-order valence-electron chi connectivity index (χ3n) is 3.49. The summed E-state index contributed by atoms with van der Waals surface area (Å²) < 4.78 is 0. The van der Waals surface area contributed by atoms with E-state index >= 15 is 0 Å². The SMILES string of the molecule is Cc1cc(NCC2(CO)CC2)c(C(=O)O)c(C)n1. The molecular weight excluding hydrogens is 232 g/mol. The molecule has 2 rings (SSSR count). The normalized spacial score (nSPS) is 16.4. The molecule has 0 aliphatic heterocycles. The van der Waals surface area contributed by atoms with Gasteiger partial charge in [-0.3, -0.25) is 4.98 Å². The molecule has 0 bridgehead atoms. The first-order valence-electron chi connectivity index (χ1n) is 6.04. The Morgan fingerprint density at radius 2 is 2.17 bits per heavy atom. The first-order chi connectivity index (χ1) is 8.47. The largest absolute Gasteiger partial charge is 0.478 e. The van der Waals surface area contributed by atoms with Crippen molar-refractivity contribution in [2.45, 2.75) is 26.7 Å². The molecule has 0 aromatic carbocycles. The second kappa shape index (κ2) is 4.57. The first-order valence-corrected chi connectivity index (χ1v) is 6.04. The highest BCUT2D eigenvalue weighted by molar-refractivity contribution is 5.95. The molecule has 18 heavy (non-hydrogen) atoms. The Kier molecular flexibility index (Phi) is 3.26. The average molecular weight is 250 g/mol. The number of nitrogens with one attached hydrogen (secondary N) is 1. The first kappa shape index (κ1) is 12.8. The minimum atomic E-state index is -0.976. The van der Waals surface area contributed by atoms with Gasteiger partial charge in [0.25, 0.3) is 0 Å². The summed E-state index contributed by atoms with van der Waals surface area (Å²) in [7, 11) is 0. The summed E-state index contributed by atoms with van der Waals surface area (Å²) in [4.78, 5) is 15.4. The summed E-state index contributed by atoms with van der Waals surface area (Å²) in [6, 6.07) is 1.74. The zero-order valence-electron chi connectivity index (χ0n) is 10.7. The number of aromatic nitrogens is 1. The van der Waals surface area contributed by atoms with Crippen LogP contribution in [0.3, 0.4) is 0 Å². The van der Waals surface area contributed by atoms with Gasteiger partial charge in [0.05, 0.1) is 18.0 Å². The quantitative estimate of drug-likeness (QED) is 0.739. The number of carboxylic acid groups (broad SMARTS) is 1. The number of hydrogen-bond acceptors (Lipinski definition) is 4. The van der Waals surface area contributed by atoms with Crippen LogP contribution in [0, 0.1) is 19.3 Å². The van der Waals surface area contributed by atoms with E-state index in [9.17, 15) is 15.0 Å². The van der Waals surface area contributed by atoms with Crippen molar-refractivity contribution < 1.29 is 15.0 Å². The molecule has 1 aromatic heterocycles. The van der Waals surface area contributed by atoms with Gasteiger partial charge in [-0.2, -0.15) is 0 Å². The number of rotatable bonds is 5. The molecule has 0 unspecified atom stereocenters. The Balaban J connectivity index is 2.23. The van der Waals surface area contributed by atoms with Crippen LogP contribution in [-0.2, 0) is 0 Å². The molecule has 1 aliphatic rings. The van der Waals surface area contributed by atoms with Crippen LogP contribution in [0.4, 0.5) is 5.69 Å². The van der Waals surface area contributed by atoms with E-state index in [4.69, 9.17) is 0 Å². The molecule has 98 valence electrons. The molecular formula is C13H18N2O3. The Hall–Kier alpha value is -1.62. The molecule has 0 spiro atoms. The van der Waals surface area contributed by atoms with Crippen molar-refractivity contribution in [3.05, 3.63) is 23.0 Å². The second-order valence-corrected chi connectivity index (χ2v) is 5.09. The maximum absolute atomic E-state index is 11.2. The number of pyridine rings is 1. The summed E-state index contributed by atoms with van der Waals surface area (Å²) in [6.45, 7) is 4.28. The zero-order chi connectivity index (χ0) is 13.3. The van der Waals surface area contributed by atoms with E-state index < -0.39 is 5.97 Å². The molecule has 1 fully saturated rings. The predicted molar refractivity (Wildman–Crippen MR) is 67.9 cm³/mol. The summed E-state index contributed by atoms with van der Waals surface area (Å²) in [5.41, 5.74) is 2.05. The van der Waals surface area contributed by atoms with E-state index in [0.717, 1.165) is 18.5 Å². The fourth-order valence-electron chi connectivity index (χ4n) is 2.09. The van der Waals surface area contributed by atoms with E-state index in [0.29, 0.717) is 17.9 Å². The van der Waals surface area contributed by atoms with Crippen LogP contribution in [0.25, 0.3) is 0 Å². The lowest BCUT2D eigenvalue weighted by molar-refractivity contribution is 0.0696. The molecule has 5 heteroatoms. The summed E-state index contributed by atoms with van der Waals surface area (Å²) in [6.07, 6.45) is 1.98. The number of aryl methyl sites for hydroxylation is 2. The van der Waals surface area contributed by atoms with Gasteiger partial charge in [-0.15, -0.1) is 0 Å². The van der Waals surface area contributed by atoms with Crippen LogP contribution < -0.4 is 5.32 Å². The predicted octanol–water partition coefficient (Wildman–Crippen LogP) is 1.58. The Labute approximate surface area is 106 Å². The topological polar surface area (TPSA) is 82.5 Å². The van der Waals surface area contributed by atoms with E-state index in [2.05, 4.69) is 10.3 Å². The van der Waals surface area contributed by atoms with E-state index in [1.807, 2.05) is 6.92 Å². The van der Waals surface area contributed by atoms with Crippen molar-refractivity contribution in [1.29, 1.82) is 0 Å². The molecule has 0 atom stereocenters. The molecule has 3 N–H and O–H groups in total. The number of aromatic carboxylic acids is 1. The van der Waals surface area contributed by atoms with Gasteiger partial charge in [0.15, 0.2) is 0 Å². The van der Waals surface area contributed by atoms with Crippen molar-refractivity contribution in [2.75, 3.05) is 18.5 Å². The molecule has 0 radical (unpaired) electrons. The van der Waals surface area contributed by atoms with Gasteiger partial charge >= 0.3 is 5.97 Å². The number of carbonyl (C=O) groups is 1. The van der Waals surface area contributed by atoms with Gasteiger partial charge in [0, 0.05) is 17.7 Å². The highest BCUT2D eigenvalue weighted by Crippen LogP contribution is 2.45. The summed E-state index contributed by atoms with van der Waals surface area (Å²) in [5, 5.41) is 21.6. The van der Waals surface area contributed by atoms with E-state index in [1.54, 1.807) is 13.0 Å². The highest BCUT2D eigenvalue weighted by atomic mass is 16.4. The molecule has 5 nitrogen and oxygen atoms in total. The lowest BCUT2D eigenvalue weighted by Crippen LogP contribution is -2.21. The molecule has 0 amide bonds. The van der Waals surface area contributed by atoms with Crippen molar-refractivity contribution in [3.63, 3.8) is 0 Å². The second-order valence-electron chi connectivity index (χ2n) is 5.09. The van der Waals surface area contributed by atoms with Crippen molar-refractivity contribution in [3.8, 4) is 0 Å². The monoisotopic (exact) mass is 250 g/mol. The average Bonchev–Trinajstić information content (AvgIpc) is 3.05. The lowest BCUT2D eigenvalue weighted by Gasteiger charge is -2.16. The Morgan fingerprint density at radius 1 is 1.50 bits per heavy atom. The third kappa shape index (κ3) is 2.46. The van der Waals surface area contributed by atoms with Crippen LogP contribution in [0.15, 0.2) is 6.07 Å². The van der Waals surface area contributed by atoms with Gasteiger partial charge in [-0.1, -0.05) is 0 Å². The van der Waals surface area contributed by atoms with E-state index in [1.165, 1.54) is 0 Å². The minimum absolute atomic E-state index is 0.0547. The van der Waals surface area contributed by atoms with Crippen LogP contribution in [0.1, 0.15) is 34.6 Å². The van der Waals surface area contributed by atoms with E-state index in [-0.39, 0.29) is 17.6 Å². The lowest BCUT2D eigenvalue weighted by atomic mass is 10.1. The molecule has 1 saturated carbocycles. The van der Waals surface area contributed by atoms with Crippen LogP contribution in [0.5, 0.6) is 0 Å². The van der Waals surface area contributed by atoms with Crippen LogP contribution in [0.2, 0.25) is 0 Å². The fourth-order valence-corrected chi connectivity index (χ4v) is 2.09. The molecule has 1 heterocycles. The standard InChI is InChI=1S/C13H18N2O3/c1-8-5-10(11(12(17)18)9(2)15-8)14-6-13(7-16)3-4-13/h5,16H,3-4,6-7H2,1-2H3,(H,14,15)(H,17,18). The zero-order valence-corrected chi connectivity index (χ0v) is 10.7. The summed E-state index contributed by atoms with van der Waals surface area (Å²) in [5.74, 6) is -0.976. The molecule has 1 aliphatic carbocycles. The van der Waals surface area contributed by atoms with Gasteiger partial charge in [0.1, 0.15) is 5.56 Å². The highest BCUT2D eigenvalue weighted by Gasteiger charge is 2.41. The van der Waals surface area contributed by atoms with Crippen LogP contribution in [-0.4, -0.2) is 34.3 Å². The van der Waals surface area contributed by atoms with Gasteiger partial charge in [-0.25, -0.2) is 4.79 Å². The van der Waals surface area contributed by atoms with Crippen molar-refractivity contribution >= 4 is 11.7 Å². The van der Waals surface area contributed by atoms with Crippen molar-refractivity contribution in [2.24, 2.45) is 5.41 Å². The van der Waals surface area contributed by atoms with Gasteiger partial charge in [0.2, 0.25) is 0 Å². The maximum atomic E-state index is 11.2. The Morgan fingerprint density at radius 3 is 2.67 bits per heavy atom. The van der Waals surface area contributed by atoms with Gasteiger partial charge < -0.3 is 15.5 Å². The third-order valence-corrected chi connectivity index (χ3v) is 3.49. The number of nitrogens with zero attached hydrogens (tertiary/aromatic N) is 1. The number of aliphatic hydroxyl groups excluding tert-OH is 1. The smallest absolute Gasteiger partial charge is 0.339 e. The van der Waals surface area contributed by atoms with Crippen molar-refractivity contribution in [1.82, 2.24) is 4.98 Å². The van der Waals surface area contributed by atoms with Crippen LogP contribution >= 0.6 is 0 Å². The Bertz CT molecular complexity index is 481. The number of aliphatic hydroxyl groups is 1. The minimum Gasteiger partial charge on any atom is -0.478 e. The number of carboxylic acids is 1. The molecule has 0 saturated heterocycles. The summed E-state index contributed by atoms with van der Waals surface area (Å²) >= 11 is 0. The molecule has 1 aromatic rings. The van der Waals surface area contributed by atoms with Gasteiger partial charge in [-0.05, 0) is 32.8 Å². The fraction of sp³-hybridized carbons (Fsp3) is 0.538. The number of anilines is 1. The maximum Gasteiger partial charge on any atom is 0.339 e. The number of hydrogen-bond donors (Lipinski definition) is 3.